The molecule has 2 aliphatic carbocycles. The van der Waals surface area contributed by atoms with Crippen molar-refractivity contribution >= 4 is 35.3 Å². The lowest BCUT2D eigenvalue weighted by molar-refractivity contribution is -0.137. The Balaban J connectivity index is 1.45. The van der Waals surface area contributed by atoms with Gasteiger partial charge in [0.05, 0.1) is 16.8 Å². The van der Waals surface area contributed by atoms with Crippen LogP contribution >= 0.6 is 7.14 Å². The van der Waals surface area contributed by atoms with Gasteiger partial charge in [-0.2, -0.15) is 13.2 Å². The van der Waals surface area contributed by atoms with E-state index in [4.69, 9.17) is 5.73 Å². The molecule has 0 aliphatic heterocycles. The summed E-state index contributed by atoms with van der Waals surface area (Å²) in [6.07, 6.45) is 2.12. The monoisotopic (exact) mass is 564 g/mol. The van der Waals surface area contributed by atoms with E-state index in [1.807, 2.05) is 0 Å². The molecule has 2 saturated carbocycles. The van der Waals surface area contributed by atoms with Gasteiger partial charge in [-0.05, 0) is 64.0 Å². The Kier molecular flexibility index (Phi) is 7.24. The van der Waals surface area contributed by atoms with Crippen LogP contribution in [0.4, 0.5) is 19.1 Å². The predicted molar refractivity (Wildman–Crippen MR) is 144 cm³/mol. The van der Waals surface area contributed by atoms with E-state index in [1.54, 1.807) is 0 Å². The van der Waals surface area contributed by atoms with Gasteiger partial charge in [0.25, 0.3) is 0 Å². The average Bonchev–Trinajstić information content (AvgIpc) is 3.45. The summed E-state index contributed by atoms with van der Waals surface area (Å²) in [5, 5.41) is 16.9. The molecule has 2 aliphatic rings. The summed E-state index contributed by atoms with van der Waals surface area (Å²) in [6, 6.07) is 3.48. The number of aromatic nitrogens is 3. The molecule has 39 heavy (non-hydrogen) atoms. The van der Waals surface area contributed by atoms with Crippen molar-refractivity contribution in [3.63, 3.8) is 0 Å². The normalized spacial score (nSPS) is 23.6. The van der Waals surface area contributed by atoms with Crippen molar-refractivity contribution in [1.29, 1.82) is 0 Å². The van der Waals surface area contributed by atoms with Gasteiger partial charge >= 0.3 is 12.1 Å². The van der Waals surface area contributed by atoms with E-state index in [0.717, 1.165) is 38.3 Å². The minimum absolute atomic E-state index is 0.0104. The highest BCUT2D eigenvalue weighted by Crippen LogP contribution is 2.43. The summed E-state index contributed by atoms with van der Waals surface area (Å²) in [5.74, 6) is -0.601. The second-order valence-corrected chi connectivity index (χ2v) is 14.1. The molecule has 9 nitrogen and oxygen atoms in total. The molecule has 1 aromatic carbocycles. The Labute approximate surface area is 223 Å². The summed E-state index contributed by atoms with van der Waals surface area (Å²) in [7, 11) is -3.12. The standard InChI is InChI=1S/C26H32F3N6O3P/c1-39(2,38)23-18(24(36)37)6-5-17-19(11-31-22(17)23)21-20(26(27,28)29)12-32-25(35-21)34-15-4-3-14(9-15)33-16-7-13(8-16)10-30/h5-6,11-16,31,33H,3-4,7-10,30H2,1-2H3,(H,36,37)(H,32,34,35)/t13?,14-,15-,16?/m0/s1. The number of carboxylic acids is 1. The second kappa shape index (κ2) is 10.2. The van der Waals surface area contributed by atoms with Gasteiger partial charge in [-0.25, -0.2) is 14.8 Å². The van der Waals surface area contributed by atoms with Gasteiger partial charge in [-0.1, -0.05) is 6.07 Å². The summed E-state index contributed by atoms with van der Waals surface area (Å²) >= 11 is 0. The van der Waals surface area contributed by atoms with Crippen LogP contribution in [0.15, 0.2) is 24.5 Å². The Morgan fingerprint density at radius 1 is 1.18 bits per heavy atom. The van der Waals surface area contributed by atoms with Crippen molar-refractivity contribution in [2.45, 2.75) is 56.4 Å². The number of benzene rings is 1. The lowest BCUT2D eigenvalue weighted by atomic mass is 9.80. The maximum absolute atomic E-state index is 14.0. The van der Waals surface area contributed by atoms with Gasteiger partial charge in [0.2, 0.25) is 5.95 Å². The molecule has 2 atom stereocenters. The molecule has 2 aromatic heterocycles. The number of H-pyrrole nitrogens is 1. The van der Waals surface area contributed by atoms with Crippen LogP contribution < -0.4 is 21.7 Å². The quantitative estimate of drug-likeness (QED) is 0.255. The number of rotatable bonds is 8. The third-order valence-electron chi connectivity index (χ3n) is 7.75. The van der Waals surface area contributed by atoms with Crippen molar-refractivity contribution < 1.29 is 27.6 Å². The van der Waals surface area contributed by atoms with Gasteiger partial charge in [-0.3, -0.25) is 0 Å². The molecule has 5 rings (SSSR count). The van der Waals surface area contributed by atoms with E-state index in [0.29, 0.717) is 29.9 Å². The number of nitrogens with zero attached hydrogens (tertiary/aromatic N) is 2. The first kappa shape index (κ1) is 27.6. The Hall–Kier alpha value is -2.95. The molecule has 210 valence electrons. The van der Waals surface area contributed by atoms with Crippen LogP contribution in [0.5, 0.6) is 0 Å². The Bertz CT molecular complexity index is 1450. The van der Waals surface area contributed by atoms with Crippen LogP contribution in [-0.4, -0.2) is 64.0 Å². The number of hydrogen-bond donors (Lipinski definition) is 5. The van der Waals surface area contributed by atoms with Crippen LogP contribution in [0.1, 0.15) is 48.0 Å². The summed E-state index contributed by atoms with van der Waals surface area (Å²) in [4.78, 5) is 22.9. The molecule has 13 heteroatoms. The number of fused-ring (bicyclic) bond motifs is 1. The number of hydrogen-bond acceptors (Lipinski definition) is 7. The van der Waals surface area contributed by atoms with Crippen LogP contribution in [0.2, 0.25) is 0 Å². The van der Waals surface area contributed by atoms with Gasteiger partial charge in [0.15, 0.2) is 0 Å². The van der Waals surface area contributed by atoms with E-state index >= 15 is 0 Å². The molecule has 0 bridgehead atoms. The molecular weight excluding hydrogens is 532 g/mol. The van der Waals surface area contributed by atoms with E-state index in [9.17, 15) is 27.6 Å². The van der Waals surface area contributed by atoms with Gasteiger partial charge in [0.1, 0.15) is 12.7 Å². The SMILES string of the molecule is CP(C)(=O)c1c(C(=O)O)ccc2c(-c3nc(N[C@H]4CC[C@H](NC5CC(CN)C5)C4)ncc3C(F)(F)F)c[nH]c12. The average molecular weight is 565 g/mol. The van der Waals surface area contributed by atoms with Crippen LogP contribution in [0.25, 0.3) is 22.2 Å². The highest BCUT2D eigenvalue weighted by Gasteiger charge is 2.37. The number of nitrogens with one attached hydrogen (secondary N) is 3. The first-order chi connectivity index (χ1) is 18.3. The number of anilines is 1. The summed E-state index contributed by atoms with van der Waals surface area (Å²) in [6.45, 7) is 3.55. The summed E-state index contributed by atoms with van der Waals surface area (Å²) < 4.78 is 55.1. The third kappa shape index (κ3) is 5.55. The van der Waals surface area contributed by atoms with Crippen molar-refractivity contribution in [3.05, 3.63) is 35.7 Å². The molecule has 3 aromatic rings. The molecule has 0 saturated heterocycles. The molecule has 0 radical (unpaired) electrons. The zero-order valence-electron chi connectivity index (χ0n) is 21.7. The topological polar surface area (TPSA) is 146 Å². The predicted octanol–water partition coefficient (Wildman–Crippen LogP) is 4.25. The number of halogens is 3. The lowest BCUT2D eigenvalue weighted by Crippen LogP contribution is -2.47. The maximum Gasteiger partial charge on any atom is 0.419 e. The molecule has 2 fully saturated rings. The van der Waals surface area contributed by atoms with E-state index in [1.165, 1.54) is 31.7 Å². The first-order valence-electron chi connectivity index (χ1n) is 12.9. The number of alkyl halides is 3. The first-order valence-corrected chi connectivity index (χ1v) is 15.6. The minimum Gasteiger partial charge on any atom is -0.478 e. The van der Waals surface area contributed by atoms with Crippen LogP contribution in [0, 0.1) is 5.92 Å². The van der Waals surface area contributed by atoms with Crippen molar-refractivity contribution in [2.24, 2.45) is 11.7 Å². The molecule has 6 N–H and O–H groups in total. The van der Waals surface area contributed by atoms with Crippen LogP contribution in [-0.2, 0) is 10.7 Å². The smallest absolute Gasteiger partial charge is 0.419 e. The fraction of sp³-hybridized carbons (Fsp3) is 0.500. The minimum atomic E-state index is -4.72. The summed E-state index contributed by atoms with van der Waals surface area (Å²) in [5.41, 5.74) is 4.55. The van der Waals surface area contributed by atoms with E-state index in [2.05, 4.69) is 25.6 Å². The highest BCUT2D eigenvalue weighted by molar-refractivity contribution is 7.70. The lowest BCUT2D eigenvalue weighted by Gasteiger charge is -2.37. The number of carboxylic acid groups (broad SMARTS) is 1. The zero-order chi connectivity index (χ0) is 28.1. The Morgan fingerprint density at radius 2 is 1.90 bits per heavy atom. The largest absolute Gasteiger partial charge is 0.478 e. The number of aromatic carboxylic acids is 1. The molecule has 0 spiro atoms. The fourth-order valence-corrected chi connectivity index (χ4v) is 7.29. The second-order valence-electron chi connectivity index (χ2n) is 11.0. The van der Waals surface area contributed by atoms with Gasteiger partial charge in [0, 0.05) is 46.8 Å². The molecule has 2 heterocycles. The number of aromatic amines is 1. The van der Waals surface area contributed by atoms with E-state index < -0.39 is 24.9 Å². The van der Waals surface area contributed by atoms with Crippen molar-refractivity contribution in [1.82, 2.24) is 20.3 Å². The van der Waals surface area contributed by atoms with Gasteiger partial charge in [-0.15, -0.1) is 0 Å². The zero-order valence-corrected chi connectivity index (χ0v) is 22.6. The molecule has 0 unspecified atom stereocenters. The highest BCUT2D eigenvalue weighted by atomic mass is 31.2. The molecule has 0 amide bonds. The van der Waals surface area contributed by atoms with Crippen molar-refractivity contribution in [3.8, 4) is 11.3 Å². The number of carbonyl (C=O) groups is 1. The molecular formula is C26H32F3N6O3P. The van der Waals surface area contributed by atoms with Crippen molar-refractivity contribution in [2.75, 3.05) is 25.2 Å². The number of nitrogens with two attached hydrogens (primary N) is 1. The van der Waals surface area contributed by atoms with Gasteiger partial charge < -0.3 is 31.0 Å². The third-order valence-corrected chi connectivity index (χ3v) is 9.29. The fourth-order valence-electron chi connectivity index (χ4n) is 5.82. The van der Waals surface area contributed by atoms with Crippen LogP contribution in [0.3, 0.4) is 0 Å². The van der Waals surface area contributed by atoms with E-state index in [-0.39, 0.29) is 39.6 Å². The maximum atomic E-state index is 14.0. The Morgan fingerprint density at radius 3 is 2.54 bits per heavy atom.